The molecule has 0 aliphatic heterocycles. The van der Waals surface area contributed by atoms with Gasteiger partial charge in [0.25, 0.3) is 10.0 Å². The highest BCUT2D eigenvalue weighted by Gasteiger charge is 2.17. The van der Waals surface area contributed by atoms with E-state index in [1.54, 1.807) is 6.07 Å². The third kappa shape index (κ3) is 2.62. The first-order valence-electron chi connectivity index (χ1n) is 5.03. The Balaban J connectivity index is 2.33. The fourth-order valence-corrected chi connectivity index (χ4v) is 3.75. The minimum Gasteiger partial charge on any atom is -0.397 e. The van der Waals surface area contributed by atoms with Gasteiger partial charge in [0.1, 0.15) is 10.0 Å². The lowest BCUT2D eigenvalue weighted by atomic mass is 10.3. The maximum absolute atomic E-state index is 12.9. The Labute approximate surface area is 108 Å². The van der Waals surface area contributed by atoms with Gasteiger partial charge in [-0.15, -0.1) is 11.3 Å². The molecule has 3 N–H and O–H groups in total. The fourth-order valence-electron chi connectivity index (χ4n) is 1.38. The van der Waals surface area contributed by atoms with Gasteiger partial charge in [0.2, 0.25) is 0 Å². The quantitative estimate of drug-likeness (QED) is 0.852. The van der Waals surface area contributed by atoms with Crippen molar-refractivity contribution in [3.63, 3.8) is 0 Å². The maximum atomic E-state index is 12.9. The van der Waals surface area contributed by atoms with Gasteiger partial charge in [-0.25, -0.2) is 12.8 Å². The van der Waals surface area contributed by atoms with Gasteiger partial charge < -0.3 is 5.73 Å². The second-order valence-electron chi connectivity index (χ2n) is 3.70. The highest BCUT2D eigenvalue weighted by Crippen LogP contribution is 2.26. The van der Waals surface area contributed by atoms with E-state index in [-0.39, 0.29) is 15.6 Å². The molecule has 0 amide bonds. The molecule has 0 unspecified atom stereocenters. The predicted octanol–water partition coefficient (Wildman–Crippen LogP) is 2.58. The van der Waals surface area contributed by atoms with Crippen LogP contribution in [0.2, 0.25) is 0 Å². The van der Waals surface area contributed by atoms with E-state index in [0.717, 1.165) is 28.3 Å². The van der Waals surface area contributed by atoms with Crippen LogP contribution >= 0.6 is 11.3 Å². The van der Waals surface area contributed by atoms with E-state index in [2.05, 4.69) is 4.72 Å². The molecule has 18 heavy (non-hydrogen) atoms. The number of nitrogen functional groups attached to an aromatic ring is 1. The molecule has 0 radical (unpaired) electrons. The average Bonchev–Trinajstić information content (AvgIpc) is 2.70. The molecule has 2 rings (SSSR count). The van der Waals surface area contributed by atoms with E-state index in [1.807, 2.05) is 6.92 Å². The number of hydrogen-bond acceptors (Lipinski definition) is 4. The Morgan fingerprint density at radius 3 is 2.56 bits per heavy atom. The predicted molar refractivity (Wildman–Crippen MR) is 70.7 cm³/mol. The number of nitrogens with one attached hydrogen (secondary N) is 1. The molecule has 0 fully saturated rings. The zero-order valence-electron chi connectivity index (χ0n) is 9.48. The van der Waals surface area contributed by atoms with Crippen LogP contribution in [0, 0.1) is 12.7 Å². The molecule has 0 saturated heterocycles. The number of anilines is 2. The SMILES string of the molecule is Cc1ccc(S(=O)(=O)Nc2ccc(F)cc2N)s1. The summed E-state index contributed by atoms with van der Waals surface area (Å²) in [6.45, 7) is 1.82. The number of halogens is 1. The van der Waals surface area contributed by atoms with Gasteiger partial charge in [-0.05, 0) is 37.3 Å². The van der Waals surface area contributed by atoms with E-state index in [9.17, 15) is 12.8 Å². The van der Waals surface area contributed by atoms with Gasteiger partial charge in [-0.3, -0.25) is 4.72 Å². The molecule has 1 aromatic heterocycles. The zero-order valence-corrected chi connectivity index (χ0v) is 11.1. The summed E-state index contributed by atoms with van der Waals surface area (Å²) in [5, 5.41) is 0. The fraction of sp³-hybridized carbons (Fsp3) is 0.0909. The molecular formula is C11H11FN2O2S2. The average molecular weight is 286 g/mol. The van der Waals surface area contributed by atoms with Gasteiger partial charge in [-0.2, -0.15) is 0 Å². The Bertz CT molecular complexity index is 680. The summed E-state index contributed by atoms with van der Waals surface area (Å²) in [5.74, 6) is -0.512. The Hall–Kier alpha value is -1.60. The first kappa shape index (κ1) is 12.8. The number of sulfonamides is 1. The molecule has 96 valence electrons. The molecule has 0 saturated carbocycles. The number of aryl methyl sites for hydroxylation is 1. The van der Waals surface area contributed by atoms with Crippen molar-refractivity contribution in [2.24, 2.45) is 0 Å². The van der Waals surface area contributed by atoms with E-state index in [4.69, 9.17) is 5.73 Å². The Morgan fingerprint density at radius 2 is 2.00 bits per heavy atom. The van der Waals surface area contributed by atoms with Gasteiger partial charge in [0, 0.05) is 4.88 Å². The second kappa shape index (κ2) is 4.58. The van der Waals surface area contributed by atoms with Crippen molar-refractivity contribution in [1.29, 1.82) is 0 Å². The van der Waals surface area contributed by atoms with E-state index < -0.39 is 15.8 Å². The normalized spacial score (nSPS) is 11.4. The van der Waals surface area contributed by atoms with E-state index >= 15 is 0 Å². The molecule has 0 bridgehead atoms. The minimum absolute atomic E-state index is 0.0480. The van der Waals surface area contributed by atoms with Crippen LogP contribution in [-0.4, -0.2) is 8.42 Å². The summed E-state index contributed by atoms with van der Waals surface area (Å²) >= 11 is 1.16. The minimum atomic E-state index is -3.66. The highest BCUT2D eigenvalue weighted by molar-refractivity contribution is 7.94. The van der Waals surface area contributed by atoms with Crippen molar-refractivity contribution >= 4 is 32.7 Å². The highest BCUT2D eigenvalue weighted by atomic mass is 32.2. The van der Waals surface area contributed by atoms with Gasteiger partial charge in [0.05, 0.1) is 11.4 Å². The molecule has 0 aliphatic rings. The molecule has 0 atom stereocenters. The first-order chi connectivity index (χ1) is 8.38. The van der Waals surface area contributed by atoms with Crippen LogP contribution in [0.15, 0.2) is 34.5 Å². The lowest BCUT2D eigenvalue weighted by molar-refractivity contribution is 0.603. The van der Waals surface area contributed by atoms with Gasteiger partial charge in [0.15, 0.2) is 0 Å². The van der Waals surface area contributed by atoms with Crippen LogP contribution in [0.3, 0.4) is 0 Å². The van der Waals surface area contributed by atoms with Crippen molar-refractivity contribution in [3.8, 4) is 0 Å². The molecule has 0 spiro atoms. The van der Waals surface area contributed by atoms with Crippen molar-refractivity contribution in [1.82, 2.24) is 0 Å². The van der Waals surface area contributed by atoms with Crippen molar-refractivity contribution in [3.05, 3.63) is 41.0 Å². The van der Waals surface area contributed by atoms with E-state index in [1.165, 1.54) is 12.1 Å². The smallest absolute Gasteiger partial charge is 0.271 e. The topological polar surface area (TPSA) is 72.2 Å². The standard InChI is InChI=1S/C11H11FN2O2S2/c1-7-2-5-11(17-7)18(15,16)14-10-4-3-8(12)6-9(10)13/h2-6,14H,13H2,1H3. The molecule has 1 aromatic carbocycles. The Morgan fingerprint density at radius 1 is 1.28 bits per heavy atom. The van der Waals surface area contributed by atoms with Gasteiger partial charge in [-0.1, -0.05) is 0 Å². The number of rotatable bonds is 3. The maximum Gasteiger partial charge on any atom is 0.271 e. The number of benzene rings is 1. The van der Waals surface area contributed by atoms with Gasteiger partial charge >= 0.3 is 0 Å². The Kier molecular flexibility index (Phi) is 3.27. The van der Waals surface area contributed by atoms with Crippen LogP contribution in [0.1, 0.15) is 4.88 Å². The zero-order chi connectivity index (χ0) is 13.3. The van der Waals surface area contributed by atoms with E-state index in [0.29, 0.717) is 0 Å². The summed E-state index contributed by atoms with van der Waals surface area (Å²) in [7, 11) is -3.66. The number of thiophene rings is 1. The number of hydrogen-bond donors (Lipinski definition) is 2. The third-order valence-corrected chi connectivity index (χ3v) is 5.10. The van der Waals surface area contributed by atoms with Crippen LogP contribution in [-0.2, 0) is 10.0 Å². The third-order valence-electron chi connectivity index (χ3n) is 2.24. The summed E-state index contributed by atoms with van der Waals surface area (Å²) < 4.78 is 39.4. The van der Waals surface area contributed by atoms with Crippen LogP contribution in [0.25, 0.3) is 0 Å². The summed E-state index contributed by atoms with van der Waals surface area (Å²) in [6.07, 6.45) is 0. The first-order valence-corrected chi connectivity index (χ1v) is 7.33. The lowest BCUT2D eigenvalue weighted by Crippen LogP contribution is -2.12. The molecule has 2 aromatic rings. The molecular weight excluding hydrogens is 275 g/mol. The summed E-state index contributed by atoms with van der Waals surface area (Å²) in [6, 6.07) is 6.74. The summed E-state index contributed by atoms with van der Waals surface area (Å²) in [4.78, 5) is 0.891. The van der Waals surface area contributed by atoms with Crippen molar-refractivity contribution in [2.75, 3.05) is 10.5 Å². The van der Waals surface area contributed by atoms with Crippen molar-refractivity contribution < 1.29 is 12.8 Å². The van der Waals surface area contributed by atoms with Crippen LogP contribution < -0.4 is 10.5 Å². The monoisotopic (exact) mass is 286 g/mol. The second-order valence-corrected chi connectivity index (χ2v) is 6.90. The molecule has 1 heterocycles. The lowest BCUT2D eigenvalue weighted by Gasteiger charge is -2.08. The molecule has 4 nitrogen and oxygen atoms in total. The van der Waals surface area contributed by atoms with Crippen LogP contribution in [0.5, 0.6) is 0 Å². The molecule has 0 aliphatic carbocycles. The number of nitrogens with two attached hydrogens (primary N) is 1. The van der Waals surface area contributed by atoms with Crippen molar-refractivity contribution in [2.45, 2.75) is 11.1 Å². The molecule has 7 heteroatoms. The largest absolute Gasteiger partial charge is 0.397 e. The summed E-state index contributed by atoms with van der Waals surface area (Å²) in [5.41, 5.74) is 5.77. The van der Waals surface area contributed by atoms with Crippen LogP contribution in [0.4, 0.5) is 15.8 Å².